The molecule has 3 aromatic rings. The summed E-state index contributed by atoms with van der Waals surface area (Å²) >= 11 is 0. The van der Waals surface area contributed by atoms with Crippen LogP contribution in [0.1, 0.15) is 15.9 Å². The van der Waals surface area contributed by atoms with Crippen LogP contribution in [0.4, 0.5) is 17.1 Å². The van der Waals surface area contributed by atoms with Crippen LogP contribution in [-0.2, 0) is 0 Å². The van der Waals surface area contributed by atoms with Crippen molar-refractivity contribution in [3.8, 4) is 11.5 Å². The number of carbonyl (C=O) groups is 1. The molecule has 0 aliphatic carbocycles. The van der Waals surface area contributed by atoms with Crippen molar-refractivity contribution in [2.45, 2.75) is 6.92 Å². The molecule has 152 valence electrons. The molecular formula is C21H17N3O6. The van der Waals surface area contributed by atoms with E-state index in [1.807, 2.05) is 6.07 Å². The molecule has 1 amide bonds. The molecule has 9 heteroatoms. The number of hydrogen-bond donors (Lipinski definition) is 0. The summed E-state index contributed by atoms with van der Waals surface area (Å²) in [6.45, 7) is 1.38. The van der Waals surface area contributed by atoms with E-state index in [-0.39, 0.29) is 11.1 Å². The Bertz CT molecular complexity index is 1130. The van der Waals surface area contributed by atoms with E-state index in [1.165, 1.54) is 18.9 Å². The summed E-state index contributed by atoms with van der Waals surface area (Å²) in [6.07, 6.45) is 0. The highest BCUT2D eigenvalue weighted by Crippen LogP contribution is 2.34. The van der Waals surface area contributed by atoms with E-state index in [0.29, 0.717) is 17.2 Å². The molecule has 0 fully saturated rings. The van der Waals surface area contributed by atoms with E-state index in [9.17, 15) is 25.0 Å². The maximum absolute atomic E-state index is 13.1. The average Bonchev–Trinajstić information content (AvgIpc) is 2.73. The van der Waals surface area contributed by atoms with Gasteiger partial charge in [0.1, 0.15) is 5.75 Å². The van der Waals surface area contributed by atoms with Crippen molar-refractivity contribution in [3.63, 3.8) is 0 Å². The van der Waals surface area contributed by atoms with E-state index >= 15 is 0 Å². The van der Waals surface area contributed by atoms with E-state index in [1.54, 1.807) is 48.5 Å². The monoisotopic (exact) mass is 407 g/mol. The van der Waals surface area contributed by atoms with Gasteiger partial charge in [0, 0.05) is 18.7 Å². The molecule has 0 atom stereocenters. The molecule has 0 heterocycles. The van der Waals surface area contributed by atoms with Gasteiger partial charge in [-0.25, -0.2) is 0 Å². The Morgan fingerprint density at radius 3 is 2.20 bits per heavy atom. The van der Waals surface area contributed by atoms with Crippen molar-refractivity contribution in [1.82, 2.24) is 0 Å². The molecule has 0 spiro atoms. The SMILES string of the molecule is Cc1c(C(=O)N(C)c2ccccc2Oc2ccccc2)cc([N+](=O)[O-])cc1[N+](=O)[O-]. The number of nitrogens with zero attached hydrogens (tertiary/aromatic N) is 3. The van der Waals surface area contributed by atoms with Crippen LogP contribution >= 0.6 is 0 Å². The summed E-state index contributed by atoms with van der Waals surface area (Å²) < 4.78 is 5.86. The highest BCUT2D eigenvalue weighted by Gasteiger charge is 2.27. The number of ether oxygens (including phenoxy) is 1. The molecular weight excluding hydrogens is 390 g/mol. The van der Waals surface area contributed by atoms with Gasteiger partial charge in [-0.1, -0.05) is 30.3 Å². The van der Waals surface area contributed by atoms with Gasteiger partial charge in [0.25, 0.3) is 17.3 Å². The lowest BCUT2D eigenvalue weighted by Crippen LogP contribution is -2.27. The quantitative estimate of drug-likeness (QED) is 0.425. The number of nitro groups is 2. The minimum absolute atomic E-state index is 0.0453. The lowest BCUT2D eigenvalue weighted by atomic mass is 10.0. The second-order valence-electron chi connectivity index (χ2n) is 6.40. The van der Waals surface area contributed by atoms with Crippen LogP contribution in [0, 0.1) is 27.2 Å². The van der Waals surface area contributed by atoms with E-state index in [2.05, 4.69) is 0 Å². The Morgan fingerprint density at radius 1 is 0.933 bits per heavy atom. The molecule has 3 aromatic carbocycles. The first kappa shape index (κ1) is 20.5. The van der Waals surface area contributed by atoms with Gasteiger partial charge in [-0.05, 0) is 31.2 Å². The topological polar surface area (TPSA) is 116 Å². The van der Waals surface area contributed by atoms with Crippen LogP contribution in [0.25, 0.3) is 0 Å². The Morgan fingerprint density at radius 2 is 1.57 bits per heavy atom. The fourth-order valence-electron chi connectivity index (χ4n) is 2.93. The highest BCUT2D eigenvalue weighted by atomic mass is 16.6. The molecule has 0 radical (unpaired) electrons. The summed E-state index contributed by atoms with van der Waals surface area (Å²) in [5.41, 5.74) is -0.704. The third-order valence-corrected chi connectivity index (χ3v) is 4.51. The van der Waals surface area contributed by atoms with Crippen molar-refractivity contribution >= 4 is 23.0 Å². The Labute approximate surface area is 171 Å². The third-order valence-electron chi connectivity index (χ3n) is 4.51. The van der Waals surface area contributed by atoms with Crippen LogP contribution in [0.2, 0.25) is 0 Å². The average molecular weight is 407 g/mol. The van der Waals surface area contributed by atoms with Crippen molar-refractivity contribution in [2.24, 2.45) is 0 Å². The molecule has 0 bridgehead atoms. The number of para-hydroxylation sites is 3. The number of carbonyl (C=O) groups excluding carboxylic acids is 1. The van der Waals surface area contributed by atoms with Gasteiger partial charge in [0.05, 0.1) is 27.2 Å². The standard InChI is InChI=1S/C21H17N3O6/c1-14-17(12-15(23(26)27)13-19(14)24(28)29)21(25)22(2)18-10-6-7-11-20(18)30-16-8-4-3-5-9-16/h3-13H,1-2H3. The fraction of sp³-hybridized carbons (Fsp3) is 0.0952. The van der Waals surface area contributed by atoms with Crippen LogP contribution < -0.4 is 9.64 Å². The normalized spacial score (nSPS) is 10.3. The van der Waals surface area contributed by atoms with Gasteiger partial charge in [-0.15, -0.1) is 0 Å². The second kappa shape index (κ2) is 8.39. The molecule has 0 saturated carbocycles. The van der Waals surface area contributed by atoms with Gasteiger partial charge in [0.15, 0.2) is 5.75 Å². The predicted octanol–water partition coefficient (Wildman–Crippen LogP) is 4.88. The number of hydrogen-bond acceptors (Lipinski definition) is 6. The molecule has 9 nitrogen and oxygen atoms in total. The lowest BCUT2D eigenvalue weighted by Gasteiger charge is -2.21. The van der Waals surface area contributed by atoms with E-state index in [0.717, 1.165) is 12.1 Å². The van der Waals surface area contributed by atoms with Crippen molar-refractivity contribution in [3.05, 3.63) is 98.1 Å². The Balaban J connectivity index is 2.03. The third kappa shape index (κ3) is 4.09. The molecule has 0 saturated heterocycles. The maximum Gasteiger partial charge on any atom is 0.279 e. The molecule has 3 rings (SSSR count). The Hall–Kier alpha value is -4.27. The zero-order chi connectivity index (χ0) is 21.8. The largest absolute Gasteiger partial charge is 0.455 e. The number of nitro benzene ring substituents is 2. The van der Waals surface area contributed by atoms with Gasteiger partial charge in [-0.2, -0.15) is 0 Å². The minimum Gasteiger partial charge on any atom is -0.455 e. The van der Waals surface area contributed by atoms with Gasteiger partial charge < -0.3 is 9.64 Å². The maximum atomic E-state index is 13.1. The number of amides is 1. The van der Waals surface area contributed by atoms with Crippen LogP contribution in [0.3, 0.4) is 0 Å². The van der Waals surface area contributed by atoms with Crippen LogP contribution in [0.15, 0.2) is 66.7 Å². The second-order valence-corrected chi connectivity index (χ2v) is 6.40. The van der Waals surface area contributed by atoms with Gasteiger partial charge in [0.2, 0.25) is 0 Å². The van der Waals surface area contributed by atoms with E-state index in [4.69, 9.17) is 4.74 Å². The number of rotatable bonds is 6. The lowest BCUT2D eigenvalue weighted by molar-refractivity contribution is -0.394. The van der Waals surface area contributed by atoms with Crippen molar-refractivity contribution < 1.29 is 19.4 Å². The first-order valence-corrected chi connectivity index (χ1v) is 8.83. The number of non-ortho nitro benzene ring substituents is 1. The summed E-state index contributed by atoms with van der Waals surface area (Å²) in [7, 11) is 1.47. The Kier molecular flexibility index (Phi) is 5.73. The molecule has 0 aliphatic heterocycles. The first-order valence-electron chi connectivity index (χ1n) is 8.83. The zero-order valence-corrected chi connectivity index (χ0v) is 16.1. The van der Waals surface area contributed by atoms with Crippen LogP contribution in [0.5, 0.6) is 11.5 Å². The van der Waals surface area contributed by atoms with Gasteiger partial charge >= 0.3 is 0 Å². The number of benzene rings is 3. The summed E-state index contributed by atoms with van der Waals surface area (Å²) in [5, 5.41) is 22.5. The van der Waals surface area contributed by atoms with Crippen molar-refractivity contribution in [2.75, 3.05) is 11.9 Å². The summed E-state index contributed by atoms with van der Waals surface area (Å²) in [6, 6.07) is 17.6. The molecule has 0 aliphatic rings. The molecule has 0 N–H and O–H groups in total. The van der Waals surface area contributed by atoms with E-state index < -0.39 is 27.1 Å². The van der Waals surface area contributed by atoms with Crippen molar-refractivity contribution in [1.29, 1.82) is 0 Å². The first-order chi connectivity index (χ1) is 14.3. The minimum atomic E-state index is -0.768. The molecule has 30 heavy (non-hydrogen) atoms. The highest BCUT2D eigenvalue weighted by molar-refractivity contribution is 6.08. The predicted molar refractivity (Wildman–Crippen MR) is 110 cm³/mol. The van der Waals surface area contributed by atoms with Gasteiger partial charge in [-0.3, -0.25) is 25.0 Å². The smallest absolute Gasteiger partial charge is 0.279 e. The number of anilines is 1. The summed E-state index contributed by atoms with van der Waals surface area (Å²) in [4.78, 5) is 35.4. The molecule has 0 aromatic heterocycles. The zero-order valence-electron chi connectivity index (χ0n) is 16.1. The fourth-order valence-corrected chi connectivity index (χ4v) is 2.93. The summed E-state index contributed by atoms with van der Waals surface area (Å²) in [5.74, 6) is 0.313. The molecule has 0 unspecified atom stereocenters. The van der Waals surface area contributed by atoms with Crippen LogP contribution in [-0.4, -0.2) is 22.8 Å².